The minimum Gasteiger partial charge on any atom is -0.494 e. The van der Waals surface area contributed by atoms with Crippen molar-refractivity contribution in [1.29, 1.82) is 0 Å². The van der Waals surface area contributed by atoms with Crippen LogP contribution in [-0.4, -0.2) is 30.9 Å². The Balaban J connectivity index is 1.36. The van der Waals surface area contributed by atoms with Gasteiger partial charge in [-0.15, -0.1) is 0 Å². The van der Waals surface area contributed by atoms with E-state index in [9.17, 15) is 9.18 Å². The van der Waals surface area contributed by atoms with Gasteiger partial charge in [0.1, 0.15) is 23.6 Å². The molecule has 0 aliphatic carbocycles. The van der Waals surface area contributed by atoms with Gasteiger partial charge >= 0.3 is 0 Å². The lowest BCUT2D eigenvalue weighted by Crippen LogP contribution is -2.21. The van der Waals surface area contributed by atoms with E-state index in [1.807, 2.05) is 24.3 Å². The van der Waals surface area contributed by atoms with Gasteiger partial charge in [-0.3, -0.25) is 4.79 Å². The van der Waals surface area contributed by atoms with Gasteiger partial charge in [0, 0.05) is 23.5 Å². The van der Waals surface area contributed by atoms with Crippen LogP contribution in [0.1, 0.15) is 25.7 Å². The molecule has 0 N–H and O–H groups in total. The van der Waals surface area contributed by atoms with Gasteiger partial charge in [-0.1, -0.05) is 18.5 Å². The van der Waals surface area contributed by atoms with Gasteiger partial charge < -0.3 is 13.8 Å². The van der Waals surface area contributed by atoms with E-state index in [0.717, 1.165) is 24.2 Å². The van der Waals surface area contributed by atoms with Crippen LogP contribution in [0.25, 0.3) is 28.2 Å². The molecule has 9 heteroatoms. The third kappa shape index (κ3) is 4.45. The van der Waals surface area contributed by atoms with Crippen LogP contribution in [0.2, 0.25) is 0 Å². The van der Waals surface area contributed by atoms with E-state index in [2.05, 4.69) is 22.2 Å². The van der Waals surface area contributed by atoms with Crippen molar-refractivity contribution in [3.8, 4) is 28.4 Å². The molecule has 0 fully saturated rings. The molecule has 8 nitrogen and oxygen atoms in total. The van der Waals surface area contributed by atoms with Crippen molar-refractivity contribution in [2.75, 3.05) is 6.61 Å². The monoisotopic (exact) mass is 459 g/mol. The number of nitrogens with zero attached hydrogens (tertiary/aromatic N) is 5. The smallest absolute Gasteiger partial charge is 0.277 e. The number of hydrogen-bond donors (Lipinski definition) is 0. The topological polar surface area (TPSA) is 87.5 Å². The summed E-state index contributed by atoms with van der Waals surface area (Å²) in [5.74, 6) is 1.06. The fourth-order valence-corrected chi connectivity index (χ4v) is 3.53. The first-order chi connectivity index (χ1) is 16.6. The van der Waals surface area contributed by atoms with Gasteiger partial charge in [0.2, 0.25) is 11.7 Å². The number of unbranched alkanes of at least 4 members (excludes halogenated alkanes) is 1. The van der Waals surface area contributed by atoms with Crippen molar-refractivity contribution >= 4 is 5.52 Å². The van der Waals surface area contributed by atoms with Crippen LogP contribution in [0, 0.1) is 5.82 Å². The van der Waals surface area contributed by atoms with Gasteiger partial charge in [-0.25, -0.2) is 8.91 Å². The molecule has 34 heavy (non-hydrogen) atoms. The third-order valence-corrected chi connectivity index (χ3v) is 5.40. The minimum absolute atomic E-state index is 0.105. The van der Waals surface area contributed by atoms with Crippen LogP contribution < -0.4 is 10.3 Å². The molecule has 0 unspecified atom stereocenters. The van der Waals surface area contributed by atoms with Crippen LogP contribution in [-0.2, 0) is 6.54 Å². The van der Waals surface area contributed by atoms with Crippen LogP contribution in [0.15, 0.2) is 76.3 Å². The Morgan fingerprint density at radius 3 is 2.56 bits per heavy atom. The number of ether oxygens (including phenoxy) is 1. The zero-order chi connectivity index (χ0) is 23.5. The molecule has 0 aliphatic rings. The lowest BCUT2D eigenvalue weighted by molar-refractivity contribution is 0.309. The molecule has 0 radical (unpaired) electrons. The second kappa shape index (κ2) is 9.30. The van der Waals surface area contributed by atoms with Gasteiger partial charge in [0.15, 0.2) is 0 Å². The first kappa shape index (κ1) is 21.6. The molecule has 0 aliphatic heterocycles. The Kier molecular flexibility index (Phi) is 5.90. The summed E-state index contributed by atoms with van der Waals surface area (Å²) in [5, 5.41) is 8.46. The van der Waals surface area contributed by atoms with Crippen molar-refractivity contribution in [2.24, 2.45) is 0 Å². The summed E-state index contributed by atoms with van der Waals surface area (Å²) in [6, 6.07) is 15.2. The van der Waals surface area contributed by atoms with E-state index < -0.39 is 0 Å². The maximum Gasteiger partial charge on any atom is 0.277 e. The standard InChI is InChI=1S/C25H22FN5O3/c1-2-3-14-33-20-10-6-17(7-11-20)21-15-22-25(32)30(12-13-31(22)28-21)16-23-27-24(29-34-23)18-4-8-19(26)9-5-18/h4-13,15H,2-3,14,16H2,1H3. The summed E-state index contributed by atoms with van der Waals surface area (Å²) < 4.78 is 27.2. The largest absolute Gasteiger partial charge is 0.494 e. The summed E-state index contributed by atoms with van der Waals surface area (Å²) in [5.41, 5.74) is 2.40. The molecule has 5 rings (SSSR count). The fraction of sp³-hybridized carbons (Fsp3) is 0.200. The Bertz CT molecular complexity index is 1470. The highest BCUT2D eigenvalue weighted by molar-refractivity contribution is 5.66. The van der Waals surface area contributed by atoms with E-state index >= 15 is 0 Å². The maximum atomic E-state index is 13.1. The zero-order valence-corrected chi connectivity index (χ0v) is 18.5. The third-order valence-electron chi connectivity index (χ3n) is 5.40. The molecule has 0 bridgehead atoms. The Morgan fingerprint density at radius 1 is 1.03 bits per heavy atom. The highest BCUT2D eigenvalue weighted by atomic mass is 19.1. The van der Waals surface area contributed by atoms with Crippen molar-refractivity contribution in [3.05, 3.63) is 89.1 Å². The van der Waals surface area contributed by atoms with Crippen molar-refractivity contribution in [2.45, 2.75) is 26.3 Å². The number of halogens is 1. The molecule has 172 valence electrons. The van der Waals surface area contributed by atoms with Crippen LogP contribution >= 0.6 is 0 Å². The first-order valence-electron chi connectivity index (χ1n) is 11.0. The second-order valence-corrected chi connectivity index (χ2v) is 7.84. The lowest BCUT2D eigenvalue weighted by Gasteiger charge is -2.05. The van der Waals surface area contributed by atoms with Crippen molar-refractivity contribution < 1.29 is 13.7 Å². The number of benzene rings is 2. The average Bonchev–Trinajstić information content (AvgIpc) is 3.50. The molecule has 0 atom stereocenters. The molecule has 0 saturated carbocycles. The Hall–Kier alpha value is -4.27. The Morgan fingerprint density at radius 2 is 1.79 bits per heavy atom. The van der Waals surface area contributed by atoms with Gasteiger partial charge in [-0.2, -0.15) is 10.1 Å². The SMILES string of the molecule is CCCCOc1ccc(-c2cc3c(=O)n(Cc4nc(-c5ccc(F)cc5)no4)ccn3n2)cc1. The van der Waals surface area contributed by atoms with Gasteiger partial charge in [-0.05, 0) is 61.0 Å². The van der Waals surface area contributed by atoms with Crippen molar-refractivity contribution in [1.82, 2.24) is 24.3 Å². The normalized spacial score (nSPS) is 11.2. The van der Waals surface area contributed by atoms with E-state index in [-0.39, 0.29) is 23.8 Å². The lowest BCUT2D eigenvalue weighted by atomic mass is 10.1. The van der Waals surface area contributed by atoms with Crippen molar-refractivity contribution in [3.63, 3.8) is 0 Å². The van der Waals surface area contributed by atoms with E-state index in [0.29, 0.717) is 29.2 Å². The quantitative estimate of drug-likeness (QED) is 0.316. The summed E-state index contributed by atoms with van der Waals surface area (Å²) >= 11 is 0. The molecule has 5 aromatic rings. The van der Waals surface area contributed by atoms with Crippen LogP contribution in [0.3, 0.4) is 0 Å². The predicted molar refractivity (Wildman–Crippen MR) is 124 cm³/mol. The van der Waals surface area contributed by atoms with Gasteiger partial charge in [0.25, 0.3) is 5.56 Å². The summed E-state index contributed by atoms with van der Waals surface area (Å²) in [7, 11) is 0. The number of fused-ring (bicyclic) bond motifs is 1. The van der Waals surface area contributed by atoms with Gasteiger partial charge in [0.05, 0.1) is 12.3 Å². The first-order valence-corrected chi connectivity index (χ1v) is 11.0. The average molecular weight is 459 g/mol. The summed E-state index contributed by atoms with van der Waals surface area (Å²) in [6.45, 7) is 2.92. The molecular formula is C25H22FN5O3. The summed E-state index contributed by atoms with van der Waals surface area (Å²) in [6.07, 6.45) is 5.43. The minimum atomic E-state index is -0.344. The number of aromatic nitrogens is 5. The second-order valence-electron chi connectivity index (χ2n) is 7.84. The molecular weight excluding hydrogens is 437 g/mol. The number of hydrogen-bond acceptors (Lipinski definition) is 6. The maximum absolute atomic E-state index is 13.1. The molecule has 2 aromatic carbocycles. The highest BCUT2D eigenvalue weighted by Gasteiger charge is 2.13. The summed E-state index contributed by atoms with van der Waals surface area (Å²) in [4.78, 5) is 17.4. The molecule has 0 saturated heterocycles. The highest BCUT2D eigenvalue weighted by Crippen LogP contribution is 2.22. The van der Waals surface area contributed by atoms with E-state index in [1.54, 1.807) is 35.1 Å². The fourth-order valence-electron chi connectivity index (χ4n) is 3.53. The van der Waals surface area contributed by atoms with E-state index in [4.69, 9.17) is 9.26 Å². The Labute approximate surface area is 194 Å². The van der Waals surface area contributed by atoms with Crippen LogP contribution in [0.4, 0.5) is 4.39 Å². The predicted octanol–water partition coefficient (Wildman–Crippen LogP) is 4.58. The van der Waals surface area contributed by atoms with E-state index in [1.165, 1.54) is 16.7 Å². The molecule has 3 aromatic heterocycles. The van der Waals surface area contributed by atoms with Crippen LogP contribution in [0.5, 0.6) is 5.75 Å². The zero-order valence-electron chi connectivity index (χ0n) is 18.5. The molecule has 0 spiro atoms. The number of rotatable bonds is 8. The molecule has 3 heterocycles. The molecule has 0 amide bonds.